The van der Waals surface area contributed by atoms with Crippen LogP contribution in [0.4, 0.5) is 9.18 Å². The molecular weight excluding hydrogens is 417 g/mol. The number of methoxy groups -OCH3 is 1. The van der Waals surface area contributed by atoms with Gasteiger partial charge >= 0.3 is 6.03 Å². The second-order valence-corrected chi connectivity index (χ2v) is 8.51. The number of urea groups is 1. The number of nitrogens with zero attached hydrogens (tertiary/aromatic N) is 2. The van der Waals surface area contributed by atoms with E-state index < -0.39 is 11.6 Å². The normalized spacial score (nSPS) is 18.4. The third-order valence-corrected chi connectivity index (χ3v) is 6.32. The molecule has 0 spiro atoms. The topological polar surface area (TPSA) is 71.5 Å². The third kappa shape index (κ3) is 4.44. The number of ether oxygens (including phenoxy) is 1. The molecule has 1 N–H and O–H groups in total. The Morgan fingerprint density at radius 1 is 1.13 bits per heavy atom. The average molecular weight is 440 g/mol. The molecule has 3 aromatic rings. The van der Waals surface area contributed by atoms with E-state index in [9.17, 15) is 14.0 Å². The van der Waals surface area contributed by atoms with Crippen LogP contribution in [0.25, 0.3) is 10.6 Å². The predicted octanol–water partition coefficient (Wildman–Crippen LogP) is 4.40. The summed E-state index contributed by atoms with van der Waals surface area (Å²) in [4.78, 5) is 31.3. The summed E-state index contributed by atoms with van der Waals surface area (Å²) >= 11 is 1.39. The first-order valence-electron chi connectivity index (χ1n) is 9.85. The van der Waals surface area contributed by atoms with Gasteiger partial charge in [0.2, 0.25) is 0 Å². The zero-order valence-corrected chi connectivity index (χ0v) is 18.0. The lowest BCUT2D eigenvalue weighted by molar-refractivity contribution is -0.131. The molecule has 0 bridgehead atoms. The number of thiazole rings is 1. The molecule has 160 valence electrons. The fourth-order valence-electron chi connectivity index (χ4n) is 3.51. The fraction of sp³-hybridized carbons (Fsp3) is 0.261. The van der Waals surface area contributed by atoms with Crippen LogP contribution >= 0.6 is 11.3 Å². The Morgan fingerprint density at radius 2 is 1.84 bits per heavy atom. The molecule has 2 heterocycles. The molecule has 1 atom stereocenters. The first-order chi connectivity index (χ1) is 14.9. The molecule has 3 amide bonds. The maximum absolute atomic E-state index is 13.1. The monoisotopic (exact) mass is 439 g/mol. The fourth-order valence-corrected chi connectivity index (χ4v) is 4.33. The van der Waals surface area contributed by atoms with Crippen LogP contribution in [0.15, 0.2) is 53.9 Å². The van der Waals surface area contributed by atoms with E-state index in [-0.39, 0.29) is 18.3 Å². The number of hydrogen-bond donors (Lipinski definition) is 1. The van der Waals surface area contributed by atoms with Crippen LogP contribution in [0.5, 0.6) is 5.75 Å². The molecule has 4 rings (SSSR count). The van der Waals surface area contributed by atoms with Gasteiger partial charge in [-0.25, -0.2) is 14.2 Å². The molecular formula is C23H22FN3O3S. The third-order valence-electron chi connectivity index (χ3n) is 5.38. The number of hydrogen-bond acceptors (Lipinski definition) is 5. The molecule has 1 aliphatic heterocycles. The van der Waals surface area contributed by atoms with Gasteiger partial charge in [-0.15, -0.1) is 11.3 Å². The molecule has 6 nitrogen and oxygen atoms in total. The van der Waals surface area contributed by atoms with Crippen molar-refractivity contribution in [3.63, 3.8) is 0 Å². The Morgan fingerprint density at radius 3 is 2.52 bits per heavy atom. The van der Waals surface area contributed by atoms with Gasteiger partial charge in [0, 0.05) is 10.9 Å². The van der Waals surface area contributed by atoms with Crippen molar-refractivity contribution in [3.05, 3.63) is 71.0 Å². The van der Waals surface area contributed by atoms with Crippen molar-refractivity contribution < 1.29 is 18.7 Å². The molecule has 0 saturated carbocycles. The highest BCUT2D eigenvalue weighted by Gasteiger charge is 2.47. The van der Waals surface area contributed by atoms with Gasteiger partial charge in [-0.1, -0.05) is 12.1 Å². The minimum absolute atomic E-state index is 0.0977. The van der Waals surface area contributed by atoms with Crippen molar-refractivity contribution in [1.29, 1.82) is 0 Å². The van der Waals surface area contributed by atoms with Crippen LogP contribution in [-0.2, 0) is 17.8 Å². The highest BCUT2D eigenvalue weighted by Crippen LogP contribution is 2.28. The standard InChI is InChI=1S/C23H22FN3O3S/c1-23(12-11-15-3-9-19(30-2)10-4-15)21(28)27(22(29)26-23)13-18-14-31-20(25-18)16-5-7-17(24)8-6-16/h3-10,14H,11-13H2,1-2H3,(H,26,29). The number of rotatable bonds is 7. The molecule has 1 aromatic heterocycles. The van der Waals surface area contributed by atoms with Crippen LogP contribution in [0.1, 0.15) is 24.6 Å². The average Bonchev–Trinajstić information content (AvgIpc) is 3.32. The van der Waals surface area contributed by atoms with Crippen molar-refractivity contribution in [1.82, 2.24) is 15.2 Å². The van der Waals surface area contributed by atoms with Gasteiger partial charge in [0.15, 0.2) is 0 Å². The van der Waals surface area contributed by atoms with E-state index in [0.717, 1.165) is 16.9 Å². The summed E-state index contributed by atoms with van der Waals surface area (Å²) in [5.41, 5.74) is 1.50. The van der Waals surface area contributed by atoms with Crippen LogP contribution in [0.2, 0.25) is 0 Å². The minimum Gasteiger partial charge on any atom is -0.497 e. The number of imide groups is 1. The Hall–Kier alpha value is -3.26. The predicted molar refractivity (Wildman–Crippen MR) is 116 cm³/mol. The van der Waals surface area contributed by atoms with Crippen LogP contribution in [-0.4, -0.2) is 34.5 Å². The molecule has 2 aromatic carbocycles. The van der Waals surface area contributed by atoms with Gasteiger partial charge in [-0.3, -0.25) is 9.69 Å². The number of halogens is 1. The molecule has 0 radical (unpaired) electrons. The van der Waals surface area contributed by atoms with Crippen LogP contribution < -0.4 is 10.1 Å². The molecule has 0 aliphatic carbocycles. The Kier molecular flexibility index (Phi) is 5.73. The lowest BCUT2D eigenvalue weighted by Crippen LogP contribution is -2.44. The SMILES string of the molecule is COc1ccc(CCC2(C)NC(=O)N(Cc3csc(-c4ccc(F)cc4)n3)C2=O)cc1. The van der Waals surface area contributed by atoms with E-state index >= 15 is 0 Å². The minimum atomic E-state index is -0.965. The lowest BCUT2D eigenvalue weighted by atomic mass is 9.93. The summed E-state index contributed by atoms with van der Waals surface area (Å²) in [7, 11) is 1.61. The van der Waals surface area contributed by atoms with Crippen molar-refractivity contribution in [2.75, 3.05) is 7.11 Å². The van der Waals surface area contributed by atoms with Gasteiger partial charge in [0.1, 0.15) is 22.1 Å². The highest BCUT2D eigenvalue weighted by molar-refractivity contribution is 7.13. The van der Waals surface area contributed by atoms with E-state index in [1.54, 1.807) is 26.2 Å². The summed E-state index contributed by atoms with van der Waals surface area (Å²) in [6.45, 7) is 1.85. The van der Waals surface area contributed by atoms with Crippen molar-refractivity contribution in [2.45, 2.75) is 31.8 Å². The molecule has 1 unspecified atom stereocenters. The lowest BCUT2D eigenvalue weighted by Gasteiger charge is -2.21. The second-order valence-electron chi connectivity index (χ2n) is 7.65. The molecule has 8 heteroatoms. The number of nitrogens with one attached hydrogen (secondary N) is 1. The number of amides is 3. The van der Waals surface area contributed by atoms with Gasteiger partial charge in [-0.05, 0) is 61.7 Å². The molecule has 1 fully saturated rings. The summed E-state index contributed by atoms with van der Waals surface area (Å²) in [6, 6.07) is 13.3. The van der Waals surface area contributed by atoms with Crippen LogP contribution in [0.3, 0.4) is 0 Å². The summed E-state index contributed by atoms with van der Waals surface area (Å²) in [6.07, 6.45) is 1.13. The maximum Gasteiger partial charge on any atom is 0.325 e. The van der Waals surface area contributed by atoms with Gasteiger partial charge < -0.3 is 10.1 Å². The molecule has 1 saturated heterocycles. The number of carbonyl (C=O) groups is 2. The second kappa shape index (κ2) is 8.47. The van der Waals surface area contributed by atoms with Gasteiger partial charge in [0.25, 0.3) is 5.91 Å². The zero-order valence-electron chi connectivity index (χ0n) is 17.2. The summed E-state index contributed by atoms with van der Waals surface area (Å²) in [5.74, 6) is 0.200. The number of carbonyl (C=O) groups excluding carboxylic acids is 2. The van der Waals surface area contributed by atoms with E-state index in [1.807, 2.05) is 29.6 Å². The van der Waals surface area contributed by atoms with Crippen LogP contribution in [0, 0.1) is 5.82 Å². The highest BCUT2D eigenvalue weighted by atomic mass is 32.1. The van der Waals surface area contributed by atoms with Crippen molar-refractivity contribution in [2.24, 2.45) is 0 Å². The van der Waals surface area contributed by atoms with E-state index in [2.05, 4.69) is 10.3 Å². The Bertz CT molecular complexity index is 1100. The van der Waals surface area contributed by atoms with Crippen molar-refractivity contribution in [3.8, 4) is 16.3 Å². The molecule has 1 aliphatic rings. The maximum atomic E-state index is 13.1. The zero-order chi connectivity index (χ0) is 22.0. The van der Waals surface area contributed by atoms with Crippen molar-refractivity contribution >= 4 is 23.3 Å². The largest absolute Gasteiger partial charge is 0.497 e. The summed E-state index contributed by atoms with van der Waals surface area (Å²) < 4.78 is 18.3. The first kappa shape index (κ1) is 21.0. The Labute approximate surface area is 183 Å². The van der Waals surface area contributed by atoms with E-state index in [0.29, 0.717) is 23.5 Å². The smallest absolute Gasteiger partial charge is 0.325 e. The van der Waals surface area contributed by atoms with E-state index in [1.165, 1.54) is 28.4 Å². The first-order valence-corrected chi connectivity index (χ1v) is 10.7. The van der Waals surface area contributed by atoms with Gasteiger partial charge in [-0.2, -0.15) is 0 Å². The quantitative estimate of drug-likeness (QED) is 0.554. The number of benzene rings is 2. The Balaban J connectivity index is 1.42. The molecule has 31 heavy (non-hydrogen) atoms. The van der Waals surface area contributed by atoms with Gasteiger partial charge in [0.05, 0.1) is 19.3 Å². The summed E-state index contributed by atoms with van der Waals surface area (Å²) in [5, 5.41) is 5.36. The number of aromatic nitrogens is 1. The number of aryl methyl sites for hydroxylation is 1. The van der Waals surface area contributed by atoms with E-state index in [4.69, 9.17) is 4.74 Å².